The highest BCUT2D eigenvalue weighted by atomic mass is 127. The molecule has 0 aromatic heterocycles. The van der Waals surface area contributed by atoms with E-state index in [1.54, 1.807) is 45.2 Å². The number of rotatable bonds is 9. The Morgan fingerprint density at radius 1 is 0.895 bits per heavy atom. The number of ether oxygens (including phenoxy) is 3. The summed E-state index contributed by atoms with van der Waals surface area (Å²) in [7, 11) is -8.71. The summed E-state index contributed by atoms with van der Waals surface area (Å²) in [6, 6.07) is 11.5. The number of hydrogen-bond acceptors (Lipinski definition) is 8. The first-order chi connectivity index (χ1) is 17.5. The van der Waals surface area contributed by atoms with Gasteiger partial charge in [0, 0.05) is 18.9 Å². The van der Waals surface area contributed by atoms with E-state index < -0.39 is 49.7 Å². The van der Waals surface area contributed by atoms with Crippen molar-refractivity contribution in [1.29, 1.82) is 0 Å². The fourth-order valence-corrected chi connectivity index (χ4v) is 7.90. The number of hydrogen-bond donors (Lipinski definition) is 2. The van der Waals surface area contributed by atoms with Crippen LogP contribution >= 0.6 is 45.2 Å². The van der Waals surface area contributed by atoms with Crippen molar-refractivity contribution < 1.29 is 53.6 Å². The van der Waals surface area contributed by atoms with Crippen LogP contribution in [0.15, 0.2) is 70.5 Å². The molecule has 204 valence electrons. The van der Waals surface area contributed by atoms with Crippen molar-refractivity contribution in [3.8, 4) is 17.2 Å². The highest BCUT2D eigenvalue weighted by Gasteiger charge is 2.31. The van der Waals surface area contributed by atoms with Crippen LogP contribution in [0.4, 0.5) is 18.9 Å². The zero-order chi connectivity index (χ0) is 28.3. The number of carbonyl (C=O) groups is 1. The van der Waals surface area contributed by atoms with Crippen LogP contribution in [0.5, 0.6) is 17.2 Å². The average molecular weight is 799 g/mol. The first kappa shape index (κ1) is 30.2. The number of anilines is 1. The maximum atomic E-state index is 12.5. The lowest BCUT2D eigenvalue weighted by molar-refractivity contribution is -0.274. The van der Waals surface area contributed by atoms with Crippen molar-refractivity contribution in [3.63, 3.8) is 0 Å². The van der Waals surface area contributed by atoms with E-state index in [-0.39, 0.29) is 29.2 Å². The third-order valence-electron chi connectivity index (χ3n) is 4.27. The zero-order valence-corrected chi connectivity index (χ0v) is 24.3. The van der Waals surface area contributed by atoms with E-state index in [0.717, 1.165) is 18.2 Å². The molecule has 0 heterocycles. The highest BCUT2D eigenvalue weighted by molar-refractivity contribution is 14.1. The number of esters is 1. The number of nitrogens with one attached hydrogen (secondary N) is 1. The normalized spacial score (nSPS) is 12.1. The molecule has 0 saturated heterocycles. The minimum atomic E-state index is -4.99. The second-order valence-electron chi connectivity index (χ2n) is 7.11. The molecule has 10 nitrogen and oxygen atoms in total. The molecule has 0 saturated carbocycles. The van der Waals surface area contributed by atoms with Crippen molar-refractivity contribution >= 4 is 77.0 Å². The number of carbonyl (C=O) groups excluding carboxylic acids is 1. The fourth-order valence-electron chi connectivity index (χ4n) is 2.81. The third kappa shape index (κ3) is 8.58. The van der Waals surface area contributed by atoms with Crippen LogP contribution in [-0.4, -0.2) is 40.3 Å². The lowest BCUT2D eigenvalue weighted by Crippen LogP contribution is -2.18. The van der Waals surface area contributed by atoms with Crippen LogP contribution in [0.25, 0.3) is 0 Å². The first-order valence-corrected chi connectivity index (χ1v) is 14.9. The zero-order valence-electron chi connectivity index (χ0n) is 18.4. The Bertz CT molecular complexity index is 1540. The van der Waals surface area contributed by atoms with Crippen molar-refractivity contribution in [3.05, 3.63) is 67.8 Å². The lowest BCUT2D eigenvalue weighted by Gasteiger charge is -2.12. The van der Waals surface area contributed by atoms with Gasteiger partial charge in [-0.05, 0) is 93.7 Å². The number of halogens is 5. The van der Waals surface area contributed by atoms with Crippen LogP contribution < -0.4 is 18.9 Å². The molecule has 0 aliphatic heterocycles. The molecule has 0 atom stereocenters. The molecule has 0 aliphatic carbocycles. The average Bonchev–Trinajstić information content (AvgIpc) is 2.76. The molecule has 3 rings (SSSR count). The summed E-state index contributed by atoms with van der Waals surface area (Å²) in [5.74, 6) is -1.35. The van der Waals surface area contributed by atoms with Crippen LogP contribution in [0.2, 0.25) is 0 Å². The Labute approximate surface area is 241 Å². The minimum absolute atomic E-state index is 0.0336. The van der Waals surface area contributed by atoms with Gasteiger partial charge in [0.05, 0.1) is 4.90 Å². The molecular formula is C21H14F3I2NO9S2. The molecule has 3 aromatic carbocycles. The summed E-state index contributed by atoms with van der Waals surface area (Å²) in [6.07, 6.45) is -4.99. The topological polar surface area (TPSA) is 145 Å². The van der Waals surface area contributed by atoms with Gasteiger partial charge in [-0.15, -0.1) is 13.2 Å². The van der Waals surface area contributed by atoms with E-state index in [9.17, 15) is 39.4 Å². The van der Waals surface area contributed by atoms with Gasteiger partial charge >= 0.3 is 12.3 Å². The SMILES string of the molecule is O=C(COc1cc(I)c(S(=O)(=O)O)c(I)c1)Oc1ccc(NS(=O)(=O)c2cccc(OC(F)(F)F)c2)cc1. The maximum absolute atomic E-state index is 12.5. The predicted molar refractivity (Wildman–Crippen MR) is 143 cm³/mol. The second-order valence-corrected chi connectivity index (χ2v) is 12.5. The third-order valence-corrected chi connectivity index (χ3v) is 9.04. The van der Waals surface area contributed by atoms with E-state index in [1.165, 1.54) is 36.4 Å². The fraction of sp³-hybridized carbons (Fsp3) is 0.0952. The van der Waals surface area contributed by atoms with Gasteiger partial charge in [-0.1, -0.05) is 6.07 Å². The summed E-state index contributed by atoms with van der Waals surface area (Å²) in [5, 5.41) is 0. The Kier molecular flexibility index (Phi) is 9.37. The van der Waals surface area contributed by atoms with E-state index >= 15 is 0 Å². The molecule has 38 heavy (non-hydrogen) atoms. The number of alkyl halides is 3. The van der Waals surface area contributed by atoms with Crippen molar-refractivity contribution in [2.45, 2.75) is 16.2 Å². The molecule has 0 spiro atoms. The molecule has 0 unspecified atom stereocenters. The summed E-state index contributed by atoms with van der Waals surface area (Å²) < 4.78 is 111. The Hall–Kier alpha value is -2.36. The molecule has 0 bridgehead atoms. The predicted octanol–water partition coefficient (Wildman–Crippen LogP) is 4.83. The molecule has 17 heteroatoms. The van der Waals surface area contributed by atoms with Gasteiger partial charge < -0.3 is 14.2 Å². The van der Waals surface area contributed by atoms with Crippen LogP contribution in [0.1, 0.15) is 0 Å². The first-order valence-electron chi connectivity index (χ1n) is 9.82. The van der Waals surface area contributed by atoms with Crippen LogP contribution in [-0.2, 0) is 24.9 Å². The maximum Gasteiger partial charge on any atom is 0.573 e. The summed E-state index contributed by atoms with van der Waals surface area (Å²) in [6.45, 7) is -0.553. The summed E-state index contributed by atoms with van der Waals surface area (Å²) in [5.41, 5.74) is 0.0336. The van der Waals surface area contributed by atoms with Gasteiger partial charge in [-0.25, -0.2) is 13.2 Å². The van der Waals surface area contributed by atoms with Crippen molar-refractivity contribution in [2.75, 3.05) is 11.3 Å². The molecule has 0 fully saturated rings. The minimum Gasteiger partial charge on any atom is -0.482 e. The number of sulfonamides is 1. The van der Waals surface area contributed by atoms with Gasteiger partial charge in [-0.3, -0.25) is 9.27 Å². The van der Waals surface area contributed by atoms with Crippen LogP contribution in [0.3, 0.4) is 0 Å². The van der Waals surface area contributed by atoms with Crippen molar-refractivity contribution in [1.82, 2.24) is 0 Å². The van der Waals surface area contributed by atoms with E-state index in [1.807, 2.05) is 0 Å². The Balaban J connectivity index is 1.61. The largest absolute Gasteiger partial charge is 0.573 e. The summed E-state index contributed by atoms with van der Waals surface area (Å²) >= 11 is 3.39. The smallest absolute Gasteiger partial charge is 0.482 e. The van der Waals surface area contributed by atoms with Gasteiger partial charge in [0.15, 0.2) is 6.61 Å². The Morgan fingerprint density at radius 3 is 2.05 bits per heavy atom. The summed E-state index contributed by atoms with van der Waals surface area (Å²) in [4.78, 5) is 11.4. The van der Waals surface area contributed by atoms with Gasteiger partial charge in [0.25, 0.3) is 20.1 Å². The second kappa shape index (κ2) is 11.8. The Morgan fingerprint density at radius 2 is 1.50 bits per heavy atom. The monoisotopic (exact) mass is 799 g/mol. The van der Waals surface area contributed by atoms with Gasteiger partial charge in [0.1, 0.15) is 22.1 Å². The van der Waals surface area contributed by atoms with Crippen molar-refractivity contribution in [2.24, 2.45) is 0 Å². The quantitative estimate of drug-likeness (QED) is 0.135. The van der Waals surface area contributed by atoms with Crippen LogP contribution in [0, 0.1) is 7.14 Å². The number of benzene rings is 3. The van der Waals surface area contributed by atoms with Gasteiger partial charge in [-0.2, -0.15) is 8.42 Å². The molecule has 0 aliphatic rings. The molecule has 2 N–H and O–H groups in total. The molecular weight excluding hydrogens is 785 g/mol. The van der Waals surface area contributed by atoms with E-state index in [0.29, 0.717) is 6.07 Å². The van der Waals surface area contributed by atoms with Gasteiger partial charge in [0.2, 0.25) is 0 Å². The van der Waals surface area contributed by atoms with E-state index in [2.05, 4.69) is 9.46 Å². The standard InChI is InChI=1S/C21H14F3I2NO9S2/c22-21(23,24)36-14-2-1-3-16(8-14)37(29,30)27-12-4-6-13(7-5-12)35-19(28)11-34-15-9-17(25)20(18(26)10-15)38(31,32)33/h1-10,27H,11H2,(H,31,32,33). The lowest BCUT2D eigenvalue weighted by atomic mass is 10.3. The molecule has 3 aromatic rings. The molecule has 0 amide bonds. The molecule has 0 radical (unpaired) electrons. The van der Waals surface area contributed by atoms with E-state index in [4.69, 9.17) is 9.47 Å². The highest BCUT2D eigenvalue weighted by Crippen LogP contribution is 2.29.